The van der Waals surface area contributed by atoms with Gasteiger partial charge in [-0.2, -0.15) is 0 Å². The van der Waals surface area contributed by atoms with Gasteiger partial charge in [0.05, 0.1) is 106 Å². The largest absolute Gasteiger partial charge is 0.356 e. The Morgan fingerprint density at radius 2 is 0.677 bits per heavy atom. The molecule has 4 aliphatic rings. The molecular weight excluding hydrogens is 1700 g/mol. The van der Waals surface area contributed by atoms with Crippen LogP contribution in [0.1, 0.15) is 169 Å². The van der Waals surface area contributed by atoms with Gasteiger partial charge in [0.15, 0.2) is 23.3 Å². The fourth-order valence-corrected chi connectivity index (χ4v) is 15.0. The molecule has 8 aromatic carbocycles. The van der Waals surface area contributed by atoms with Crippen LogP contribution in [0.25, 0.3) is 22.7 Å². The van der Waals surface area contributed by atoms with Crippen LogP contribution < -0.4 is 10.0 Å². The standard InChI is InChI=1S/C23H24ClFN5O.C22H19ClFN5O2.C22H21ClFN5O.C21H19ClFN5O3S/c1-30(2,3)12-6-9-20(31)23-27-21-14-26-22(16-7-4-5-8-18(16)25)17-13-15(24)10-11-19(17)29(21)28-23;1-13(30)25-10-4-7-19(31)22-27-20-12-26-21(15-5-2-3-6-17(15)24)16-11-14(23)8-9-18(16)29(20)28-22;1-28(2)11-5-8-19(30)22-26-20-13-25-21(15-6-3-4-7-17(15)24)16-12-14(23)9-10-18(16)29(20)27-22;1-32(30,31)25-10-4-7-18(29)21-26-19-12-24-20(14-5-2-3-6-16(14)23)15-11-13(22)8-9-17(15)28(19)27-21/h4-5,7-8,10-11,13H,6,9,12,14H2,1-3H3;2-3,5-6,8-9,11H,4,7,10,12H2,1H3,(H,25,30);3-4,6-7,9-10,12H,5,8,11,13H2,1-2H3;2-3,5-6,8-9,11,25H,4,7,10,12H2,1H3/q+1;;;. The molecule has 0 saturated carbocycles. The minimum absolute atomic E-state index is 0.0183. The second kappa shape index (κ2) is 39.6. The van der Waals surface area contributed by atoms with Crippen molar-refractivity contribution >= 4 is 108 Å². The molecule has 0 fully saturated rings. The Hall–Kier alpha value is -12.1. The topological polar surface area (TPSA) is 319 Å². The molecule has 124 heavy (non-hydrogen) atoms. The average molecular weight is 1780 g/mol. The number of sulfonamides is 1. The third kappa shape index (κ3) is 21.9. The van der Waals surface area contributed by atoms with Crippen LogP contribution in [0.4, 0.5) is 17.6 Å². The molecule has 4 aromatic heterocycles. The summed E-state index contributed by atoms with van der Waals surface area (Å²) < 4.78 is 89.8. The van der Waals surface area contributed by atoms with Crippen LogP contribution >= 0.6 is 46.4 Å². The Morgan fingerprint density at radius 3 is 0.944 bits per heavy atom. The van der Waals surface area contributed by atoms with E-state index in [0.29, 0.717) is 166 Å². The second-order valence-electron chi connectivity index (χ2n) is 30.4. The molecule has 1 amide bonds. The zero-order valence-corrected chi connectivity index (χ0v) is 72.2. The highest BCUT2D eigenvalue weighted by atomic mass is 35.5. The second-order valence-corrected chi connectivity index (χ2v) is 33.9. The maximum absolute atomic E-state index is 14.5. The number of carbonyl (C=O) groups is 5. The number of aliphatic imine (C=N–C) groups is 4. The molecule has 8 heterocycles. The molecule has 4 aliphatic heterocycles. The minimum Gasteiger partial charge on any atom is -0.356 e. The van der Waals surface area contributed by atoms with Crippen molar-refractivity contribution in [3.05, 3.63) is 304 Å². The molecule has 0 atom stereocenters. The number of fused-ring (bicyclic) bond motifs is 12. The Labute approximate surface area is 731 Å². The summed E-state index contributed by atoms with van der Waals surface area (Å²) in [5, 5.41) is 22.3. The van der Waals surface area contributed by atoms with Gasteiger partial charge in [-0.15, -0.1) is 20.4 Å². The number of hydrogen-bond acceptors (Lipinski definition) is 20. The predicted molar refractivity (Wildman–Crippen MR) is 466 cm³/mol. The summed E-state index contributed by atoms with van der Waals surface area (Å²) in [6.45, 7) is 4.25. The van der Waals surface area contributed by atoms with Gasteiger partial charge in [-0.3, -0.25) is 43.9 Å². The van der Waals surface area contributed by atoms with Crippen molar-refractivity contribution in [3.8, 4) is 22.7 Å². The van der Waals surface area contributed by atoms with Crippen molar-refractivity contribution < 1.29 is 54.4 Å². The third-order valence-electron chi connectivity index (χ3n) is 19.6. The lowest BCUT2D eigenvalue weighted by atomic mass is 10.00. The molecule has 0 aliphatic carbocycles. The van der Waals surface area contributed by atoms with Gasteiger partial charge >= 0.3 is 0 Å². The van der Waals surface area contributed by atoms with Gasteiger partial charge in [0.2, 0.25) is 62.4 Å². The van der Waals surface area contributed by atoms with Gasteiger partial charge < -0.3 is 14.7 Å². The highest BCUT2D eigenvalue weighted by molar-refractivity contribution is 7.88. The van der Waals surface area contributed by atoms with E-state index in [0.717, 1.165) is 36.7 Å². The maximum Gasteiger partial charge on any atom is 0.218 e. The predicted octanol–water partition coefficient (Wildman–Crippen LogP) is 14.4. The van der Waals surface area contributed by atoms with Crippen LogP contribution in [0.5, 0.6) is 0 Å². The smallest absolute Gasteiger partial charge is 0.218 e. The van der Waals surface area contributed by atoms with E-state index in [1.165, 1.54) is 35.9 Å². The summed E-state index contributed by atoms with van der Waals surface area (Å²) in [5.41, 5.74) is 8.27. The summed E-state index contributed by atoms with van der Waals surface area (Å²) in [4.78, 5) is 99.3. The van der Waals surface area contributed by atoms with E-state index in [1.807, 2.05) is 19.0 Å². The van der Waals surface area contributed by atoms with E-state index in [-0.39, 0.29) is 110 Å². The number of amides is 1. The summed E-state index contributed by atoms with van der Waals surface area (Å²) >= 11 is 24.9. The zero-order chi connectivity index (χ0) is 88.3. The van der Waals surface area contributed by atoms with Crippen LogP contribution in [0, 0.1) is 23.3 Å². The summed E-state index contributed by atoms with van der Waals surface area (Å²) in [6.07, 6.45) is 4.41. The Morgan fingerprint density at radius 1 is 0.403 bits per heavy atom. The summed E-state index contributed by atoms with van der Waals surface area (Å²) in [6, 6.07) is 46.4. The number of quaternary nitrogens is 1. The van der Waals surface area contributed by atoms with Gasteiger partial charge in [-0.1, -0.05) is 94.9 Å². The number of aromatic nitrogens is 12. The molecule has 0 unspecified atom stereocenters. The van der Waals surface area contributed by atoms with E-state index in [2.05, 4.69) is 91.5 Å². The first-order chi connectivity index (χ1) is 59.3. The van der Waals surface area contributed by atoms with Gasteiger partial charge in [0.1, 0.15) is 23.3 Å². The zero-order valence-electron chi connectivity index (χ0n) is 68.3. The number of hydrogen-bond donors (Lipinski definition) is 2. The molecule has 0 radical (unpaired) electrons. The molecule has 0 spiro atoms. The van der Waals surface area contributed by atoms with Crippen molar-refractivity contribution in [3.63, 3.8) is 0 Å². The molecule has 0 saturated heterocycles. The Bertz CT molecular complexity index is 6370. The van der Waals surface area contributed by atoms with Crippen molar-refractivity contribution in [1.82, 2.24) is 74.0 Å². The van der Waals surface area contributed by atoms with E-state index in [4.69, 9.17) is 46.4 Å². The lowest BCUT2D eigenvalue weighted by Gasteiger charge is -2.23. The van der Waals surface area contributed by atoms with Crippen LogP contribution in [-0.4, -0.2) is 196 Å². The molecule has 2 N–H and O–H groups in total. The highest BCUT2D eigenvalue weighted by Crippen LogP contribution is 2.34. The van der Waals surface area contributed by atoms with Crippen molar-refractivity contribution in [2.75, 3.05) is 67.7 Å². The number of ketones is 4. The summed E-state index contributed by atoms with van der Waals surface area (Å²) in [5.74, 6) is 0.00581. The fourth-order valence-electron chi connectivity index (χ4n) is 13.8. The molecule has 12 aromatic rings. The quantitative estimate of drug-likeness (QED) is 0.0232. The van der Waals surface area contributed by atoms with Gasteiger partial charge in [-0.05, 0) is 161 Å². The first kappa shape index (κ1) is 89.6. The molecule has 0 bridgehead atoms. The van der Waals surface area contributed by atoms with E-state index >= 15 is 0 Å². The van der Waals surface area contributed by atoms with Crippen molar-refractivity contribution in [2.45, 2.75) is 84.5 Å². The lowest BCUT2D eigenvalue weighted by Crippen LogP contribution is -2.35. The number of rotatable bonds is 25. The molecule has 36 heteroatoms. The average Bonchev–Trinajstić information content (AvgIpc) is 1.63. The van der Waals surface area contributed by atoms with Crippen LogP contribution in [0.15, 0.2) is 190 Å². The number of benzene rings is 8. The van der Waals surface area contributed by atoms with Crippen molar-refractivity contribution in [2.24, 2.45) is 20.0 Å². The van der Waals surface area contributed by atoms with E-state index < -0.39 is 21.7 Å². The molecule has 27 nitrogen and oxygen atoms in total. The molecular formula is C88H83Cl4F4N20O7S+. The Balaban J connectivity index is 0.000000142. The van der Waals surface area contributed by atoms with Gasteiger partial charge in [0, 0.05) is 117 Å². The fraction of sp³-hybridized carbons (Fsp3) is 0.261. The van der Waals surface area contributed by atoms with Crippen molar-refractivity contribution in [1.29, 1.82) is 0 Å². The van der Waals surface area contributed by atoms with Gasteiger partial charge in [0.25, 0.3) is 0 Å². The van der Waals surface area contributed by atoms with E-state index in [9.17, 15) is 50.0 Å². The van der Waals surface area contributed by atoms with E-state index in [1.54, 1.807) is 160 Å². The lowest BCUT2D eigenvalue weighted by molar-refractivity contribution is -0.870. The number of carbonyl (C=O) groups excluding carboxylic acids is 5. The molecule has 638 valence electrons. The first-order valence-electron chi connectivity index (χ1n) is 39.3. The highest BCUT2D eigenvalue weighted by Gasteiger charge is 2.32. The monoisotopic (exact) mass is 1780 g/mol. The number of halogens is 8. The Kier molecular flexibility index (Phi) is 28.6. The first-order valence-corrected chi connectivity index (χ1v) is 42.7. The number of Topliss-reactive ketones (excluding diaryl/α,β-unsaturated/α-hetero) is 4. The van der Waals surface area contributed by atoms with Crippen LogP contribution in [0.2, 0.25) is 20.1 Å². The molecule has 16 rings (SSSR count). The summed E-state index contributed by atoms with van der Waals surface area (Å²) in [7, 11) is 6.90. The third-order valence-corrected chi connectivity index (χ3v) is 21.3. The SMILES string of the molecule is CC(=O)NCCCC(=O)c1nc2n(n1)-c1ccc(Cl)cc1C(c1ccccc1F)=NC2.CN(C)CCCC(=O)c1nc2n(n1)-c1ccc(Cl)cc1C(c1ccccc1F)=NC2.CS(=O)(=O)NCCCC(=O)c1nc2n(n1)-c1ccc(Cl)cc1C(c1ccccc1F)=NC2.C[N+](C)(C)CCCC(=O)c1nc2n(n1)-c1ccc(Cl)cc1C(c1ccccc1F)=NC2. The maximum atomic E-state index is 14.5. The number of nitrogens with one attached hydrogen (secondary N) is 2. The number of nitrogens with zero attached hydrogens (tertiary/aromatic N) is 18. The normalized spacial score (nSPS) is 12.9. The minimum atomic E-state index is -3.31. The van der Waals surface area contributed by atoms with Crippen LogP contribution in [0.3, 0.4) is 0 Å². The van der Waals surface area contributed by atoms with Crippen LogP contribution in [-0.2, 0) is 41.0 Å². The van der Waals surface area contributed by atoms with Gasteiger partial charge in [-0.25, -0.2) is 69.4 Å².